The third-order valence-corrected chi connectivity index (χ3v) is 7.50. The number of hydrogen-bond donors (Lipinski definition) is 0. The Kier molecular flexibility index (Phi) is 8.33. The van der Waals surface area contributed by atoms with Crippen molar-refractivity contribution in [2.45, 2.75) is 31.7 Å². The summed E-state index contributed by atoms with van der Waals surface area (Å²) in [6, 6.07) is 21.4. The van der Waals surface area contributed by atoms with E-state index >= 15 is 0 Å². The predicted octanol–water partition coefficient (Wildman–Crippen LogP) is 5.40. The summed E-state index contributed by atoms with van der Waals surface area (Å²) in [5.74, 6) is 0.924. The molecule has 0 saturated carbocycles. The third kappa shape index (κ3) is 5.94. The van der Waals surface area contributed by atoms with Crippen LogP contribution in [0.5, 0.6) is 11.5 Å². The van der Waals surface area contributed by atoms with E-state index in [1.807, 2.05) is 47.4 Å². The van der Waals surface area contributed by atoms with Crippen LogP contribution in [0.25, 0.3) is 22.4 Å². The summed E-state index contributed by atoms with van der Waals surface area (Å²) in [7, 11) is 6.54. The molecule has 3 aromatic carbocycles. The fourth-order valence-electron chi connectivity index (χ4n) is 5.36. The zero-order chi connectivity index (χ0) is 28.9. The van der Waals surface area contributed by atoms with Gasteiger partial charge in [0.1, 0.15) is 17.2 Å². The second-order valence-corrected chi connectivity index (χ2v) is 10.4. The molecule has 2 heterocycles. The molecule has 212 valence electrons. The van der Waals surface area contributed by atoms with Crippen molar-refractivity contribution in [3.63, 3.8) is 0 Å². The monoisotopic (exact) mass is 553 g/mol. The molecule has 0 radical (unpaired) electrons. The molecule has 0 N–H and O–H groups in total. The fourth-order valence-corrected chi connectivity index (χ4v) is 5.36. The number of aromatic nitrogens is 3. The quantitative estimate of drug-likeness (QED) is 0.305. The van der Waals surface area contributed by atoms with Crippen LogP contribution in [-0.2, 0) is 6.42 Å². The Morgan fingerprint density at radius 1 is 0.927 bits per heavy atom. The standard InChI is InChI=1S/C32H35N5O4/c1-35(2)31(38)25-19-28(40-3)30(29(20-25)41-4)24-15-13-23(14-16-24)27-21-37(34-33-27)32(39)36-17-9-8-12-26(36)18-22-10-6-5-7-11-22/h5-7,10-11,13-16,19-21,26H,8-9,12,17-18H2,1-4H3. The zero-order valence-electron chi connectivity index (χ0n) is 23.9. The van der Waals surface area contributed by atoms with Crippen LogP contribution < -0.4 is 9.47 Å². The molecular formula is C32H35N5O4. The summed E-state index contributed by atoms with van der Waals surface area (Å²) < 4.78 is 12.6. The summed E-state index contributed by atoms with van der Waals surface area (Å²) in [5, 5.41) is 8.49. The molecule has 1 atom stereocenters. The van der Waals surface area contributed by atoms with Crippen molar-refractivity contribution in [3.05, 3.63) is 84.1 Å². The van der Waals surface area contributed by atoms with Gasteiger partial charge in [-0.05, 0) is 48.9 Å². The molecule has 0 spiro atoms. The van der Waals surface area contributed by atoms with Gasteiger partial charge in [-0.1, -0.05) is 59.8 Å². The number of benzene rings is 3. The first kappa shape index (κ1) is 27.9. The second-order valence-electron chi connectivity index (χ2n) is 10.4. The van der Waals surface area contributed by atoms with Crippen LogP contribution in [0.15, 0.2) is 72.9 Å². The lowest BCUT2D eigenvalue weighted by Gasteiger charge is -2.35. The van der Waals surface area contributed by atoms with Crippen molar-refractivity contribution in [3.8, 4) is 33.9 Å². The highest BCUT2D eigenvalue weighted by atomic mass is 16.5. The minimum Gasteiger partial charge on any atom is -0.496 e. The fraction of sp³-hybridized carbons (Fsp3) is 0.312. The Morgan fingerprint density at radius 3 is 2.22 bits per heavy atom. The van der Waals surface area contributed by atoms with Crippen LogP contribution in [0.4, 0.5) is 4.79 Å². The largest absolute Gasteiger partial charge is 0.496 e. The van der Waals surface area contributed by atoms with Crippen molar-refractivity contribution in [2.24, 2.45) is 0 Å². The van der Waals surface area contributed by atoms with Gasteiger partial charge in [-0.2, -0.15) is 4.68 Å². The topological polar surface area (TPSA) is 89.8 Å². The maximum atomic E-state index is 13.5. The average molecular weight is 554 g/mol. The van der Waals surface area contributed by atoms with Gasteiger partial charge in [0.25, 0.3) is 5.91 Å². The van der Waals surface area contributed by atoms with Crippen LogP contribution >= 0.6 is 0 Å². The first-order valence-electron chi connectivity index (χ1n) is 13.7. The number of hydrogen-bond acceptors (Lipinski definition) is 6. The van der Waals surface area contributed by atoms with Gasteiger partial charge in [0.05, 0.1) is 26.0 Å². The molecular weight excluding hydrogens is 518 g/mol. The van der Waals surface area contributed by atoms with E-state index in [9.17, 15) is 9.59 Å². The molecule has 0 bridgehead atoms. The number of nitrogens with zero attached hydrogens (tertiary/aromatic N) is 5. The Labute approximate surface area is 240 Å². The van der Waals surface area contributed by atoms with Gasteiger partial charge < -0.3 is 19.3 Å². The van der Waals surface area contributed by atoms with Gasteiger partial charge >= 0.3 is 6.03 Å². The van der Waals surface area contributed by atoms with Gasteiger partial charge in [-0.15, -0.1) is 5.10 Å². The molecule has 1 saturated heterocycles. The van der Waals surface area contributed by atoms with Crippen LogP contribution in [0.2, 0.25) is 0 Å². The second kappa shape index (κ2) is 12.2. The summed E-state index contributed by atoms with van der Waals surface area (Å²) in [5.41, 5.74) is 4.72. The van der Waals surface area contributed by atoms with Crippen LogP contribution in [0.1, 0.15) is 35.2 Å². The maximum absolute atomic E-state index is 13.5. The summed E-state index contributed by atoms with van der Waals surface area (Å²) in [6.45, 7) is 0.711. The number of methoxy groups -OCH3 is 2. The number of carbonyl (C=O) groups excluding carboxylic acids is 2. The Balaban J connectivity index is 1.37. The molecule has 1 aromatic heterocycles. The summed E-state index contributed by atoms with van der Waals surface area (Å²) in [6.07, 6.45) is 5.58. The molecule has 41 heavy (non-hydrogen) atoms. The van der Waals surface area contributed by atoms with Crippen LogP contribution in [-0.4, -0.2) is 77.6 Å². The van der Waals surface area contributed by atoms with Crippen molar-refractivity contribution < 1.29 is 19.1 Å². The SMILES string of the molecule is COc1cc(C(=O)N(C)C)cc(OC)c1-c1ccc(-c2cn(C(=O)N3CCCCC3Cc3ccccc3)nn2)cc1. The van der Waals surface area contributed by atoms with Gasteiger partial charge in [0.2, 0.25) is 0 Å². The molecule has 1 aliphatic heterocycles. The minimum absolute atomic E-state index is 0.134. The molecule has 9 heteroatoms. The minimum atomic E-state index is -0.150. The van der Waals surface area contributed by atoms with E-state index < -0.39 is 0 Å². The Bertz CT molecular complexity index is 1490. The van der Waals surface area contributed by atoms with E-state index in [4.69, 9.17) is 9.47 Å². The lowest BCUT2D eigenvalue weighted by molar-refractivity contribution is 0.0827. The maximum Gasteiger partial charge on any atom is 0.346 e. The molecule has 1 fully saturated rings. The molecule has 4 aromatic rings. The highest BCUT2D eigenvalue weighted by Gasteiger charge is 2.29. The Morgan fingerprint density at radius 2 is 1.59 bits per heavy atom. The van der Waals surface area contributed by atoms with Crippen LogP contribution in [0.3, 0.4) is 0 Å². The van der Waals surface area contributed by atoms with Crippen LogP contribution in [0, 0.1) is 0 Å². The lowest BCUT2D eigenvalue weighted by Crippen LogP contribution is -2.46. The van der Waals surface area contributed by atoms with Crippen molar-refractivity contribution in [1.29, 1.82) is 0 Å². The average Bonchev–Trinajstić information content (AvgIpc) is 3.51. The first-order chi connectivity index (χ1) is 19.9. The number of carbonyl (C=O) groups is 2. The normalized spacial score (nSPS) is 14.9. The predicted molar refractivity (Wildman–Crippen MR) is 157 cm³/mol. The number of amides is 2. The van der Waals surface area contributed by atoms with E-state index in [-0.39, 0.29) is 18.0 Å². The summed E-state index contributed by atoms with van der Waals surface area (Å²) >= 11 is 0. The van der Waals surface area contributed by atoms with Crippen molar-refractivity contribution in [1.82, 2.24) is 24.8 Å². The van der Waals surface area contributed by atoms with E-state index in [1.54, 1.807) is 46.6 Å². The Hall–Kier alpha value is -4.66. The molecule has 2 amide bonds. The zero-order valence-corrected chi connectivity index (χ0v) is 23.9. The van der Waals surface area contributed by atoms with E-state index in [1.165, 1.54) is 15.1 Å². The molecule has 9 nitrogen and oxygen atoms in total. The molecule has 0 aliphatic carbocycles. The van der Waals surface area contributed by atoms with E-state index in [0.717, 1.165) is 42.4 Å². The summed E-state index contributed by atoms with van der Waals surface area (Å²) in [4.78, 5) is 29.5. The number of rotatable bonds is 7. The highest BCUT2D eigenvalue weighted by molar-refractivity contribution is 5.96. The van der Waals surface area contributed by atoms with Gasteiger partial charge in [-0.25, -0.2) is 4.79 Å². The van der Waals surface area contributed by atoms with Crippen molar-refractivity contribution in [2.75, 3.05) is 34.9 Å². The first-order valence-corrected chi connectivity index (χ1v) is 13.7. The molecule has 1 unspecified atom stereocenters. The third-order valence-electron chi connectivity index (χ3n) is 7.50. The number of piperidine rings is 1. The lowest BCUT2D eigenvalue weighted by atomic mass is 9.96. The smallest absolute Gasteiger partial charge is 0.346 e. The van der Waals surface area contributed by atoms with Gasteiger partial charge in [-0.3, -0.25) is 4.79 Å². The molecule has 5 rings (SSSR count). The van der Waals surface area contributed by atoms with Crippen molar-refractivity contribution >= 4 is 11.9 Å². The number of likely N-dealkylation sites (tertiary alicyclic amines) is 1. The van der Waals surface area contributed by atoms with Gasteiger partial charge in [0.15, 0.2) is 0 Å². The van der Waals surface area contributed by atoms with E-state index in [0.29, 0.717) is 29.3 Å². The molecule has 1 aliphatic rings. The van der Waals surface area contributed by atoms with E-state index in [2.05, 4.69) is 22.4 Å². The highest BCUT2D eigenvalue weighted by Crippen LogP contribution is 2.40. The van der Waals surface area contributed by atoms with Gasteiger partial charge in [0, 0.05) is 37.8 Å². The number of ether oxygens (including phenoxy) is 2.